The summed E-state index contributed by atoms with van der Waals surface area (Å²) in [6.07, 6.45) is 3.25. The molecule has 14 aromatic rings. The predicted molar refractivity (Wildman–Crippen MR) is 350 cm³/mol. The third-order valence-corrected chi connectivity index (χ3v) is 20.8. The predicted octanol–water partition coefficient (Wildman–Crippen LogP) is 21.6. The van der Waals surface area contributed by atoms with E-state index >= 15 is 0 Å². The summed E-state index contributed by atoms with van der Waals surface area (Å²) in [5, 5.41) is 7.34. The molecule has 0 unspecified atom stereocenters. The summed E-state index contributed by atoms with van der Waals surface area (Å²) in [5.74, 6) is 0. The highest BCUT2D eigenvalue weighted by atomic mass is 16.3. The number of allylic oxidation sites excluding steroid dienone is 1. The second-order valence-electron chi connectivity index (χ2n) is 26.7. The summed E-state index contributed by atoms with van der Waals surface area (Å²) < 4.78 is 16.0. The van der Waals surface area contributed by atoms with E-state index in [1.165, 1.54) is 155 Å². The number of para-hydroxylation sites is 4. The molecule has 3 aromatic heterocycles. The van der Waals surface area contributed by atoms with Crippen molar-refractivity contribution in [3.05, 3.63) is 267 Å². The van der Waals surface area contributed by atoms with Crippen LogP contribution in [-0.2, 0) is 28.1 Å². The summed E-state index contributed by atoms with van der Waals surface area (Å²) in [5.41, 5.74) is 33.0. The van der Waals surface area contributed by atoms with Gasteiger partial charge in [0.15, 0.2) is 0 Å². The Labute approximate surface area is 489 Å². The fraction of sp³-hybridized carbons (Fsp3) is 0.160. The van der Waals surface area contributed by atoms with Gasteiger partial charge in [0, 0.05) is 65.2 Å². The lowest BCUT2D eigenvalue weighted by Crippen LogP contribution is -2.24. The van der Waals surface area contributed by atoms with Gasteiger partial charge in [0.2, 0.25) is 0 Å². The smallest absolute Gasteiger partial charge is 0.144 e. The molecule has 402 valence electrons. The molecule has 3 nitrogen and oxygen atoms in total. The van der Waals surface area contributed by atoms with Gasteiger partial charge in [-0.05, 0) is 173 Å². The van der Waals surface area contributed by atoms with Crippen LogP contribution in [0.25, 0.3) is 128 Å². The van der Waals surface area contributed by atoms with Gasteiger partial charge in [-0.25, -0.2) is 0 Å². The topological polar surface area (TPSA) is 31.2 Å². The van der Waals surface area contributed by atoms with Crippen molar-refractivity contribution in [2.75, 3.05) is 0 Å². The first-order chi connectivity index (χ1) is 40.7. The van der Waals surface area contributed by atoms with Crippen molar-refractivity contribution in [2.45, 2.75) is 83.5 Å². The Morgan fingerprint density at radius 3 is 1.81 bits per heavy atom. The number of hydrogen-bond acceptors (Lipinski definition) is 2. The summed E-state index contributed by atoms with van der Waals surface area (Å²) in [7, 11) is 0. The minimum atomic E-state index is -0.310. The summed E-state index contributed by atoms with van der Waals surface area (Å²) in [6.45, 7) is 19.5. The molecule has 0 saturated heterocycles. The number of aromatic nitrogens is 1. The van der Waals surface area contributed by atoms with Gasteiger partial charge < -0.3 is 13.4 Å². The second kappa shape index (κ2) is 16.2. The molecular formula is C81H61NO2. The SMILES string of the molecule is CC1(C)c2cc(/C(=C\c3ccc4c(c3)C(C)(C)c3c5c(c6oc7ccccc7c6c3-4)-c3ccccc3C5(C)C)Cc3ccc4c5ccccc5n(-c5ccccc5)c4c3)ccc2-c2cc3c(cc21)-c1c(ccc2oc4ccccc4c12)C3(C)C. The van der Waals surface area contributed by atoms with Crippen molar-refractivity contribution in [3.63, 3.8) is 0 Å². The molecule has 0 spiro atoms. The molecule has 0 radical (unpaired) electrons. The molecule has 4 aliphatic rings. The Bertz CT molecular complexity index is 5330. The molecule has 84 heavy (non-hydrogen) atoms. The van der Waals surface area contributed by atoms with E-state index in [-0.39, 0.29) is 21.7 Å². The number of furan rings is 2. The highest BCUT2D eigenvalue weighted by Crippen LogP contribution is 2.64. The molecule has 0 aliphatic heterocycles. The van der Waals surface area contributed by atoms with Crippen molar-refractivity contribution in [1.29, 1.82) is 0 Å². The Morgan fingerprint density at radius 1 is 0.381 bits per heavy atom. The first-order valence-electron chi connectivity index (χ1n) is 30.0. The summed E-state index contributed by atoms with van der Waals surface area (Å²) in [6, 6.07) is 77.4. The van der Waals surface area contributed by atoms with Gasteiger partial charge in [0.05, 0.1) is 11.0 Å². The van der Waals surface area contributed by atoms with E-state index < -0.39 is 0 Å². The van der Waals surface area contributed by atoms with Crippen LogP contribution in [0.2, 0.25) is 0 Å². The van der Waals surface area contributed by atoms with Crippen LogP contribution in [0.3, 0.4) is 0 Å². The van der Waals surface area contributed by atoms with Gasteiger partial charge in [-0.3, -0.25) is 0 Å². The number of fused-ring (bicyclic) bond motifs is 25. The molecule has 0 N–H and O–H groups in total. The van der Waals surface area contributed by atoms with E-state index in [1.54, 1.807) is 0 Å². The molecular weight excluding hydrogens is 1020 g/mol. The van der Waals surface area contributed by atoms with E-state index in [2.05, 4.69) is 272 Å². The normalized spacial score (nSPS) is 16.1. The van der Waals surface area contributed by atoms with Crippen LogP contribution in [0.1, 0.15) is 117 Å². The van der Waals surface area contributed by atoms with Crippen molar-refractivity contribution in [1.82, 2.24) is 4.57 Å². The van der Waals surface area contributed by atoms with E-state index in [1.807, 2.05) is 0 Å². The average Bonchev–Trinajstić information content (AvgIpc) is 1.53. The summed E-state index contributed by atoms with van der Waals surface area (Å²) >= 11 is 0. The van der Waals surface area contributed by atoms with Crippen molar-refractivity contribution >= 4 is 77.3 Å². The lowest BCUT2D eigenvalue weighted by atomic mass is 9.72. The fourth-order valence-electron chi connectivity index (χ4n) is 16.7. The first-order valence-corrected chi connectivity index (χ1v) is 30.0. The second-order valence-corrected chi connectivity index (χ2v) is 26.7. The van der Waals surface area contributed by atoms with Crippen LogP contribution in [0, 0.1) is 0 Å². The van der Waals surface area contributed by atoms with Crippen LogP contribution in [0.4, 0.5) is 0 Å². The molecule has 0 amide bonds. The Hall–Kier alpha value is -9.44. The van der Waals surface area contributed by atoms with Gasteiger partial charge in [0.25, 0.3) is 0 Å². The van der Waals surface area contributed by atoms with Crippen molar-refractivity contribution in [2.24, 2.45) is 0 Å². The third kappa shape index (κ3) is 6.11. The van der Waals surface area contributed by atoms with Gasteiger partial charge in [-0.15, -0.1) is 0 Å². The van der Waals surface area contributed by atoms with Gasteiger partial charge in [-0.2, -0.15) is 0 Å². The molecule has 0 atom stereocenters. The van der Waals surface area contributed by atoms with Crippen molar-refractivity contribution < 1.29 is 8.83 Å². The van der Waals surface area contributed by atoms with Crippen LogP contribution >= 0.6 is 0 Å². The Kier molecular flexibility index (Phi) is 9.29. The maximum absolute atomic E-state index is 7.03. The van der Waals surface area contributed by atoms with Crippen LogP contribution in [0.5, 0.6) is 0 Å². The lowest BCUT2D eigenvalue weighted by molar-refractivity contribution is 0.600. The Balaban J connectivity index is 0.823. The minimum Gasteiger partial charge on any atom is -0.456 e. The molecule has 0 fully saturated rings. The number of hydrogen-bond donors (Lipinski definition) is 0. The maximum atomic E-state index is 7.03. The third-order valence-electron chi connectivity index (χ3n) is 20.8. The van der Waals surface area contributed by atoms with Gasteiger partial charge in [0.1, 0.15) is 22.3 Å². The van der Waals surface area contributed by atoms with E-state index in [4.69, 9.17) is 8.83 Å². The number of nitrogens with zero attached hydrogens (tertiary/aromatic N) is 1. The zero-order chi connectivity index (χ0) is 56.5. The maximum Gasteiger partial charge on any atom is 0.144 e. The van der Waals surface area contributed by atoms with Crippen LogP contribution in [-0.4, -0.2) is 4.57 Å². The fourth-order valence-corrected chi connectivity index (χ4v) is 16.7. The monoisotopic (exact) mass is 1080 g/mol. The summed E-state index contributed by atoms with van der Waals surface area (Å²) in [4.78, 5) is 0. The number of benzene rings is 11. The molecule has 0 bridgehead atoms. The lowest BCUT2D eigenvalue weighted by Gasteiger charge is -2.31. The molecule has 0 saturated carbocycles. The first kappa shape index (κ1) is 48.1. The molecule has 3 heteroatoms. The van der Waals surface area contributed by atoms with Gasteiger partial charge in [-0.1, -0.05) is 207 Å². The molecule has 11 aromatic carbocycles. The highest BCUT2D eigenvalue weighted by Gasteiger charge is 2.49. The molecule has 4 aliphatic carbocycles. The van der Waals surface area contributed by atoms with Crippen LogP contribution < -0.4 is 0 Å². The van der Waals surface area contributed by atoms with E-state index in [0.717, 1.165) is 34.4 Å². The minimum absolute atomic E-state index is 0.187. The number of rotatable bonds is 5. The highest BCUT2D eigenvalue weighted by molar-refractivity contribution is 6.21. The van der Waals surface area contributed by atoms with Gasteiger partial charge >= 0.3 is 0 Å². The van der Waals surface area contributed by atoms with Crippen LogP contribution in [0.15, 0.2) is 215 Å². The average molecular weight is 1080 g/mol. The van der Waals surface area contributed by atoms with Crippen molar-refractivity contribution in [3.8, 4) is 50.2 Å². The van der Waals surface area contributed by atoms with E-state index in [0.29, 0.717) is 0 Å². The zero-order valence-electron chi connectivity index (χ0n) is 48.7. The zero-order valence-corrected chi connectivity index (χ0v) is 48.7. The van der Waals surface area contributed by atoms with E-state index in [9.17, 15) is 0 Å². The standard InChI is InChI=1S/C81H61NO2/c1-78(2)60-36-37-69-71(55-24-14-18-28-67(55)83-69)70(60)58-44-63-57(43-64(58)78)50-35-32-47(42-62(50)79(63,3)4)48(39-46-30-33-52-51-22-13-17-27-65(51)82(66(52)41-46)49-20-10-9-11-21-49)38-45-31-34-54-61(40-45)81(7,8)75-72(54)73-56-25-15-19-29-68(56)84-77(73)74-53-23-12-16-26-59(53)80(5,6)76(74)75/h9-38,40-44H,39H2,1-8H3/b48-38-. The molecule has 3 heterocycles. The molecule has 18 rings (SSSR count). The quantitative estimate of drug-likeness (QED) is 0.161. The largest absolute Gasteiger partial charge is 0.456 e. The Morgan fingerprint density at radius 2 is 0.988 bits per heavy atom.